The van der Waals surface area contributed by atoms with Crippen molar-refractivity contribution in [3.63, 3.8) is 0 Å². The number of carbonyl (C=O) groups is 2. The third kappa shape index (κ3) is 4.71. The van der Waals surface area contributed by atoms with Crippen LogP contribution in [0.1, 0.15) is 57.5 Å². The first-order chi connectivity index (χ1) is 13.0. The van der Waals surface area contributed by atoms with Crippen molar-refractivity contribution in [3.8, 4) is 0 Å². The highest BCUT2D eigenvalue weighted by atomic mass is 32.3. The maximum atomic E-state index is 14.6. The number of carboxylic acids is 1. The summed E-state index contributed by atoms with van der Waals surface area (Å²) in [7, 11) is -3.42. The molecule has 4 N–H and O–H groups in total. The van der Waals surface area contributed by atoms with Crippen LogP contribution in [0, 0.1) is 5.82 Å². The Balaban J connectivity index is 2.59. The number of aromatic carboxylic acids is 1. The monoisotopic (exact) mass is 430 g/mol. The Morgan fingerprint density at radius 3 is 2.34 bits per heavy atom. The highest BCUT2D eigenvalue weighted by Crippen LogP contribution is 2.59. The van der Waals surface area contributed by atoms with Gasteiger partial charge in [-0.1, -0.05) is 0 Å². The maximum Gasteiger partial charge on any atom is 0.413 e. The van der Waals surface area contributed by atoms with Crippen LogP contribution in [0.4, 0.5) is 9.18 Å². The lowest BCUT2D eigenvalue weighted by Crippen LogP contribution is -2.55. The molecule has 1 heterocycles. The van der Waals surface area contributed by atoms with Gasteiger partial charge in [-0.05, 0) is 59.7 Å². The molecule has 2 rings (SSSR count). The predicted octanol–water partition coefficient (Wildman–Crippen LogP) is 4.21. The highest BCUT2D eigenvalue weighted by molar-refractivity contribution is 8.26. The van der Waals surface area contributed by atoms with E-state index in [4.69, 9.17) is 4.74 Å². The largest absolute Gasteiger partial charge is 0.478 e. The first-order valence-corrected chi connectivity index (χ1v) is 10.6. The molecule has 1 aromatic carbocycles. The number of nitrogens with zero attached hydrogens (tertiary/aromatic N) is 1. The molecule has 0 aromatic heterocycles. The van der Waals surface area contributed by atoms with Gasteiger partial charge in [0, 0.05) is 5.56 Å². The van der Waals surface area contributed by atoms with E-state index >= 15 is 0 Å². The van der Waals surface area contributed by atoms with E-state index in [1.54, 1.807) is 20.8 Å². The Bertz CT molecular complexity index is 878. The lowest BCUT2D eigenvalue weighted by Gasteiger charge is -2.53. The number of amidine groups is 1. The van der Waals surface area contributed by atoms with Crippen LogP contribution in [0.25, 0.3) is 0 Å². The van der Waals surface area contributed by atoms with Gasteiger partial charge in [-0.15, -0.1) is 0 Å². The topological polar surface area (TPSA) is 128 Å². The number of carboxylic acid groups (broad SMARTS) is 1. The Morgan fingerprint density at radius 1 is 1.24 bits per heavy atom. The molecule has 0 bridgehead atoms. The molecule has 0 saturated heterocycles. The predicted molar refractivity (Wildman–Crippen MR) is 109 cm³/mol. The quantitative estimate of drug-likeness (QED) is 0.556. The van der Waals surface area contributed by atoms with E-state index in [2.05, 4.69) is 10.3 Å². The number of benzene rings is 1. The van der Waals surface area contributed by atoms with E-state index in [1.807, 2.05) is 0 Å². The Labute approximate surface area is 170 Å². The van der Waals surface area contributed by atoms with Gasteiger partial charge < -0.3 is 9.84 Å². The van der Waals surface area contributed by atoms with Gasteiger partial charge in [-0.25, -0.2) is 14.0 Å². The minimum Gasteiger partial charge on any atom is -0.478 e. The van der Waals surface area contributed by atoms with Crippen molar-refractivity contribution in [2.45, 2.75) is 57.4 Å². The summed E-state index contributed by atoms with van der Waals surface area (Å²) in [4.78, 5) is 28.0. The van der Waals surface area contributed by atoms with E-state index < -0.39 is 44.4 Å². The lowest BCUT2D eigenvalue weighted by atomic mass is 9.91. The molecule has 1 aliphatic rings. The number of hydrogen-bond acceptors (Lipinski definition) is 6. The smallest absolute Gasteiger partial charge is 0.413 e. The van der Waals surface area contributed by atoms with Gasteiger partial charge >= 0.3 is 12.1 Å². The Hall–Kier alpha value is -2.17. The summed E-state index contributed by atoms with van der Waals surface area (Å²) in [5.74, 6) is -2.42. The molecular weight excluding hydrogens is 403 g/mol. The fraction of sp³-hybridized carbons (Fsp3) is 0.526. The molecule has 10 heteroatoms. The SMILES string of the molecule is CC(C)(C)OC(=O)NC1=N[C@](C)(c2cc(C(=O)O)ccc2F)CS(O)(O)C1(C)C. The molecule has 162 valence electrons. The van der Waals surface area contributed by atoms with Gasteiger partial charge in [-0.3, -0.25) is 19.4 Å². The second-order valence-electron chi connectivity index (χ2n) is 8.68. The zero-order valence-electron chi connectivity index (χ0n) is 17.2. The molecule has 0 fully saturated rings. The van der Waals surface area contributed by atoms with Gasteiger partial charge in [0.05, 0.1) is 11.3 Å². The third-order valence-corrected chi connectivity index (χ3v) is 7.43. The van der Waals surface area contributed by atoms with Gasteiger partial charge in [0.2, 0.25) is 0 Å². The molecular formula is C19H27FN2O6S. The summed E-state index contributed by atoms with van der Waals surface area (Å²) in [6.07, 6.45) is -0.844. The fourth-order valence-electron chi connectivity index (χ4n) is 2.93. The molecule has 0 unspecified atom stereocenters. The van der Waals surface area contributed by atoms with Gasteiger partial charge in [0.15, 0.2) is 0 Å². The van der Waals surface area contributed by atoms with Crippen LogP contribution in [-0.4, -0.2) is 48.2 Å². The number of ether oxygens (including phenoxy) is 1. The van der Waals surface area contributed by atoms with Crippen molar-refractivity contribution < 1.29 is 32.9 Å². The molecule has 0 spiro atoms. The van der Waals surface area contributed by atoms with E-state index in [-0.39, 0.29) is 22.7 Å². The standard InChI is InChI=1S/C19H27FN2O6S/c1-17(2,3)28-16(25)21-15-18(4,5)29(26,27)10-19(6,22-15)12-9-11(14(23)24)7-8-13(12)20/h7-9,26-27H,10H2,1-6H3,(H,23,24)(H,21,22,25)/t19-/m0/s1. The van der Waals surface area contributed by atoms with Crippen molar-refractivity contribution in [2.75, 3.05) is 5.75 Å². The molecule has 1 atom stereocenters. The fourth-order valence-corrected chi connectivity index (χ4v) is 4.70. The summed E-state index contributed by atoms with van der Waals surface area (Å²) in [6, 6.07) is 3.21. The molecule has 0 saturated carbocycles. The van der Waals surface area contributed by atoms with E-state index in [0.717, 1.165) is 18.2 Å². The Kier molecular flexibility index (Phi) is 5.79. The van der Waals surface area contributed by atoms with Crippen LogP contribution in [0.15, 0.2) is 23.2 Å². The summed E-state index contributed by atoms with van der Waals surface area (Å²) < 4.78 is 40.1. The van der Waals surface area contributed by atoms with Gasteiger partial charge in [-0.2, -0.15) is 10.6 Å². The zero-order valence-corrected chi connectivity index (χ0v) is 18.1. The van der Waals surface area contributed by atoms with Crippen molar-refractivity contribution >= 4 is 28.5 Å². The number of alkyl carbamates (subject to hydrolysis) is 1. The lowest BCUT2D eigenvalue weighted by molar-refractivity contribution is 0.0560. The number of halogens is 1. The average molecular weight is 430 g/mol. The average Bonchev–Trinajstić information content (AvgIpc) is 2.50. The summed E-state index contributed by atoms with van der Waals surface area (Å²) in [6.45, 7) is 9.47. The second kappa shape index (κ2) is 7.26. The first kappa shape index (κ1) is 23.1. The zero-order chi connectivity index (χ0) is 22.4. The third-order valence-electron chi connectivity index (χ3n) is 4.64. The molecule has 0 aliphatic carbocycles. The van der Waals surface area contributed by atoms with Crippen molar-refractivity contribution in [2.24, 2.45) is 4.99 Å². The minimum atomic E-state index is -3.42. The van der Waals surface area contributed by atoms with E-state index in [9.17, 15) is 28.2 Å². The minimum absolute atomic E-state index is 0.0828. The Morgan fingerprint density at radius 2 is 1.83 bits per heavy atom. The van der Waals surface area contributed by atoms with Crippen LogP contribution < -0.4 is 5.32 Å². The first-order valence-electron chi connectivity index (χ1n) is 8.88. The van der Waals surface area contributed by atoms with Crippen LogP contribution in [-0.2, 0) is 10.3 Å². The van der Waals surface area contributed by atoms with Crippen molar-refractivity contribution in [1.82, 2.24) is 5.32 Å². The normalized spacial score (nSPS) is 24.2. The van der Waals surface area contributed by atoms with Gasteiger partial charge in [0.1, 0.15) is 27.5 Å². The van der Waals surface area contributed by atoms with Crippen LogP contribution in [0.5, 0.6) is 0 Å². The molecule has 8 nitrogen and oxygen atoms in total. The van der Waals surface area contributed by atoms with E-state index in [1.165, 1.54) is 20.8 Å². The number of nitrogens with one attached hydrogen (secondary N) is 1. The summed E-state index contributed by atoms with van der Waals surface area (Å²) >= 11 is 0. The maximum absolute atomic E-state index is 14.6. The number of carbonyl (C=O) groups excluding carboxylic acids is 1. The summed E-state index contributed by atoms with van der Waals surface area (Å²) in [5.41, 5.74) is -2.59. The van der Waals surface area contributed by atoms with Crippen molar-refractivity contribution in [3.05, 3.63) is 35.1 Å². The molecule has 1 aromatic rings. The number of aliphatic imine (C=N–C) groups is 1. The molecule has 1 aliphatic heterocycles. The van der Waals surface area contributed by atoms with Crippen LogP contribution >= 0.6 is 10.6 Å². The number of rotatable bonds is 2. The second-order valence-corrected chi connectivity index (χ2v) is 11.3. The van der Waals surface area contributed by atoms with Crippen LogP contribution in [0.3, 0.4) is 0 Å². The number of hydrogen-bond donors (Lipinski definition) is 4. The number of amides is 1. The molecule has 1 amide bonds. The molecule has 29 heavy (non-hydrogen) atoms. The highest BCUT2D eigenvalue weighted by Gasteiger charge is 2.51. The summed E-state index contributed by atoms with van der Waals surface area (Å²) in [5, 5.41) is 11.7. The van der Waals surface area contributed by atoms with Crippen molar-refractivity contribution in [1.29, 1.82) is 0 Å². The van der Waals surface area contributed by atoms with E-state index in [0.29, 0.717) is 0 Å². The van der Waals surface area contributed by atoms with Crippen LogP contribution in [0.2, 0.25) is 0 Å². The van der Waals surface area contributed by atoms with Gasteiger partial charge in [0.25, 0.3) is 0 Å². The molecule has 0 radical (unpaired) electrons.